The summed E-state index contributed by atoms with van der Waals surface area (Å²) in [6.07, 6.45) is 1.31. The summed E-state index contributed by atoms with van der Waals surface area (Å²) in [4.78, 5) is 0. The average Bonchev–Trinajstić information content (AvgIpc) is 2.43. The maximum Gasteiger partial charge on any atom is 0.198 e. The zero-order chi connectivity index (χ0) is 15.4. The molecule has 4 heteroatoms. The summed E-state index contributed by atoms with van der Waals surface area (Å²) in [5.74, 6) is -1.41. The van der Waals surface area contributed by atoms with Crippen LogP contribution in [0.4, 0.5) is 8.78 Å². The van der Waals surface area contributed by atoms with Crippen molar-refractivity contribution in [2.75, 3.05) is 0 Å². The van der Waals surface area contributed by atoms with Crippen molar-refractivity contribution < 1.29 is 13.5 Å². The maximum absolute atomic E-state index is 14.0. The van der Waals surface area contributed by atoms with Gasteiger partial charge < -0.3 is 10.5 Å². The molecule has 0 aromatic heterocycles. The van der Waals surface area contributed by atoms with Crippen molar-refractivity contribution in [3.8, 4) is 11.5 Å². The van der Waals surface area contributed by atoms with Crippen molar-refractivity contribution in [2.45, 2.75) is 32.7 Å². The third-order valence-electron chi connectivity index (χ3n) is 3.17. The van der Waals surface area contributed by atoms with Crippen LogP contribution in [-0.2, 0) is 12.8 Å². The minimum Gasteiger partial charge on any atom is -0.451 e. The molecule has 0 saturated heterocycles. The Kier molecular flexibility index (Phi) is 4.91. The molecule has 2 nitrogen and oxygen atoms in total. The number of benzene rings is 2. The lowest BCUT2D eigenvalue weighted by molar-refractivity contribution is 0.406. The first kappa shape index (κ1) is 15.4. The molecule has 0 aliphatic carbocycles. The van der Waals surface area contributed by atoms with Gasteiger partial charge in [0.25, 0.3) is 0 Å². The number of ether oxygens (including phenoxy) is 1. The maximum atomic E-state index is 14.0. The average molecular weight is 291 g/mol. The van der Waals surface area contributed by atoms with E-state index in [-0.39, 0.29) is 11.8 Å². The van der Waals surface area contributed by atoms with E-state index in [1.807, 2.05) is 19.1 Å². The highest BCUT2D eigenvalue weighted by Crippen LogP contribution is 2.29. The first-order valence-corrected chi connectivity index (χ1v) is 7.00. The van der Waals surface area contributed by atoms with Gasteiger partial charge in [0, 0.05) is 6.04 Å². The summed E-state index contributed by atoms with van der Waals surface area (Å²) in [5.41, 5.74) is 7.29. The summed E-state index contributed by atoms with van der Waals surface area (Å²) in [6.45, 7) is 3.82. The standard InChI is InChI=1S/C17H19F2NO/c1-3-12-4-6-14(7-5-12)21-17-15(18)9-13(8-11(2)20)10-16(17)19/h4-7,9-11H,3,8,20H2,1-2H3. The Morgan fingerprint density at radius 2 is 1.62 bits per heavy atom. The highest BCUT2D eigenvalue weighted by molar-refractivity contribution is 5.37. The molecule has 0 bridgehead atoms. The van der Waals surface area contributed by atoms with Gasteiger partial charge in [-0.25, -0.2) is 8.78 Å². The van der Waals surface area contributed by atoms with Gasteiger partial charge in [0.15, 0.2) is 17.4 Å². The topological polar surface area (TPSA) is 35.2 Å². The van der Waals surface area contributed by atoms with Gasteiger partial charge in [0.05, 0.1) is 0 Å². The Bertz CT molecular complexity index is 586. The lowest BCUT2D eigenvalue weighted by Gasteiger charge is -2.11. The van der Waals surface area contributed by atoms with Crippen LogP contribution in [0.15, 0.2) is 36.4 Å². The molecule has 0 saturated carbocycles. The van der Waals surface area contributed by atoms with Crippen molar-refractivity contribution in [3.05, 3.63) is 59.2 Å². The third kappa shape index (κ3) is 4.02. The predicted octanol–water partition coefficient (Wildman–Crippen LogP) is 4.21. The number of hydrogen-bond donors (Lipinski definition) is 1. The Morgan fingerprint density at radius 1 is 1.05 bits per heavy atom. The largest absolute Gasteiger partial charge is 0.451 e. The fourth-order valence-corrected chi connectivity index (χ4v) is 2.11. The molecule has 0 heterocycles. The molecule has 0 amide bonds. The lowest BCUT2D eigenvalue weighted by Crippen LogP contribution is -2.18. The van der Waals surface area contributed by atoms with Crippen LogP contribution in [0.3, 0.4) is 0 Å². The van der Waals surface area contributed by atoms with Crippen molar-refractivity contribution in [2.24, 2.45) is 5.73 Å². The van der Waals surface area contributed by atoms with Gasteiger partial charge in [-0.3, -0.25) is 0 Å². The first-order valence-electron chi connectivity index (χ1n) is 7.00. The quantitative estimate of drug-likeness (QED) is 0.895. The Balaban J connectivity index is 2.23. The zero-order valence-corrected chi connectivity index (χ0v) is 12.2. The first-order chi connectivity index (χ1) is 9.99. The monoisotopic (exact) mass is 291 g/mol. The number of halogens is 2. The zero-order valence-electron chi connectivity index (χ0n) is 12.2. The molecule has 2 rings (SSSR count). The molecule has 0 spiro atoms. The van der Waals surface area contributed by atoms with E-state index in [2.05, 4.69) is 0 Å². The van der Waals surface area contributed by atoms with E-state index in [1.54, 1.807) is 19.1 Å². The minimum absolute atomic E-state index is 0.155. The molecule has 21 heavy (non-hydrogen) atoms. The number of nitrogens with two attached hydrogens (primary N) is 1. The van der Waals surface area contributed by atoms with Crippen LogP contribution in [0.2, 0.25) is 0 Å². The minimum atomic E-state index is -0.717. The van der Waals surface area contributed by atoms with Crippen LogP contribution in [0, 0.1) is 11.6 Å². The van der Waals surface area contributed by atoms with Crippen LogP contribution in [0.25, 0.3) is 0 Å². The molecule has 0 aliphatic rings. The molecule has 0 aliphatic heterocycles. The number of hydrogen-bond acceptors (Lipinski definition) is 2. The predicted molar refractivity (Wildman–Crippen MR) is 79.6 cm³/mol. The van der Waals surface area contributed by atoms with Crippen LogP contribution >= 0.6 is 0 Å². The molecule has 1 unspecified atom stereocenters. The Morgan fingerprint density at radius 3 is 2.10 bits per heavy atom. The van der Waals surface area contributed by atoms with Crippen molar-refractivity contribution in [3.63, 3.8) is 0 Å². The van der Waals surface area contributed by atoms with Crippen molar-refractivity contribution >= 4 is 0 Å². The van der Waals surface area contributed by atoms with Gasteiger partial charge in [0.1, 0.15) is 5.75 Å². The van der Waals surface area contributed by atoms with Crippen LogP contribution in [0.1, 0.15) is 25.0 Å². The molecule has 112 valence electrons. The Labute approximate surface area is 123 Å². The molecule has 2 aromatic carbocycles. The smallest absolute Gasteiger partial charge is 0.198 e. The summed E-state index contributed by atoms with van der Waals surface area (Å²) in [6, 6.07) is 9.52. The highest BCUT2D eigenvalue weighted by Gasteiger charge is 2.14. The highest BCUT2D eigenvalue weighted by atomic mass is 19.1. The molecule has 0 fully saturated rings. The second kappa shape index (κ2) is 6.68. The van der Waals surface area contributed by atoms with E-state index in [9.17, 15) is 8.78 Å². The van der Waals surface area contributed by atoms with E-state index in [0.29, 0.717) is 17.7 Å². The van der Waals surface area contributed by atoms with Crippen LogP contribution in [0.5, 0.6) is 11.5 Å². The van der Waals surface area contributed by atoms with Gasteiger partial charge in [0.2, 0.25) is 0 Å². The number of rotatable bonds is 5. The van der Waals surface area contributed by atoms with E-state index in [1.165, 1.54) is 12.1 Å². The van der Waals surface area contributed by atoms with Crippen LogP contribution < -0.4 is 10.5 Å². The van der Waals surface area contributed by atoms with Gasteiger partial charge >= 0.3 is 0 Å². The summed E-state index contributed by atoms with van der Waals surface area (Å²) in [7, 11) is 0. The number of aryl methyl sites for hydroxylation is 1. The van der Waals surface area contributed by atoms with Gasteiger partial charge in [-0.2, -0.15) is 0 Å². The van der Waals surface area contributed by atoms with Crippen LogP contribution in [-0.4, -0.2) is 6.04 Å². The molecule has 2 N–H and O–H groups in total. The van der Waals surface area contributed by atoms with E-state index in [4.69, 9.17) is 10.5 Å². The SMILES string of the molecule is CCc1ccc(Oc2c(F)cc(CC(C)N)cc2F)cc1. The molecular weight excluding hydrogens is 272 g/mol. The second-order valence-corrected chi connectivity index (χ2v) is 5.17. The fraction of sp³-hybridized carbons (Fsp3) is 0.294. The summed E-state index contributed by atoms with van der Waals surface area (Å²) >= 11 is 0. The van der Waals surface area contributed by atoms with Crippen molar-refractivity contribution in [1.29, 1.82) is 0 Å². The molecule has 0 radical (unpaired) electrons. The summed E-state index contributed by atoms with van der Waals surface area (Å²) in [5, 5.41) is 0. The molecule has 2 aromatic rings. The van der Waals surface area contributed by atoms with E-state index < -0.39 is 11.6 Å². The third-order valence-corrected chi connectivity index (χ3v) is 3.17. The fourth-order valence-electron chi connectivity index (χ4n) is 2.11. The molecule has 1 atom stereocenters. The summed E-state index contributed by atoms with van der Waals surface area (Å²) < 4.78 is 33.3. The second-order valence-electron chi connectivity index (χ2n) is 5.17. The van der Waals surface area contributed by atoms with Gasteiger partial charge in [-0.1, -0.05) is 19.1 Å². The Hall–Kier alpha value is -1.94. The van der Waals surface area contributed by atoms with Gasteiger partial charge in [-0.05, 0) is 55.2 Å². The van der Waals surface area contributed by atoms with E-state index >= 15 is 0 Å². The van der Waals surface area contributed by atoms with Crippen molar-refractivity contribution in [1.82, 2.24) is 0 Å². The van der Waals surface area contributed by atoms with E-state index in [0.717, 1.165) is 12.0 Å². The van der Waals surface area contributed by atoms with Gasteiger partial charge in [-0.15, -0.1) is 0 Å². The lowest BCUT2D eigenvalue weighted by atomic mass is 10.1. The molecular formula is C17H19F2NO. The normalized spacial score (nSPS) is 12.2.